The largest absolute Gasteiger partial charge is 0.463 e. The number of ether oxygens (including phenoxy) is 1. The number of carbonyl (C=O) groups excluding carboxylic acids is 1. The van der Waals surface area contributed by atoms with Crippen molar-refractivity contribution in [1.82, 2.24) is 19.6 Å². The lowest BCUT2D eigenvalue weighted by molar-refractivity contribution is 0.0587. The van der Waals surface area contributed by atoms with Crippen LogP contribution in [0, 0.1) is 0 Å². The van der Waals surface area contributed by atoms with Gasteiger partial charge >= 0.3 is 5.97 Å². The molecule has 1 aliphatic carbocycles. The van der Waals surface area contributed by atoms with Crippen LogP contribution in [0.2, 0.25) is 0 Å². The fraction of sp³-hybridized carbons (Fsp3) is 0.400. The highest BCUT2D eigenvalue weighted by molar-refractivity contribution is 5.85. The van der Waals surface area contributed by atoms with Crippen molar-refractivity contribution in [2.75, 3.05) is 7.11 Å². The van der Waals surface area contributed by atoms with Gasteiger partial charge in [0.2, 0.25) is 0 Å². The molecule has 0 aliphatic heterocycles. The number of rotatable bonds is 1. The van der Waals surface area contributed by atoms with Crippen LogP contribution in [-0.4, -0.2) is 32.7 Å². The Morgan fingerprint density at radius 1 is 1.50 bits per heavy atom. The Morgan fingerprint density at radius 3 is 3.19 bits per heavy atom. The second kappa shape index (κ2) is 3.26. The number of esters is 1. The van der Waals surface area contributed by atoms with Gasteiger partial charge in [-0.2, -0.15) is 4.98 Å². The van der Waals surface area contributed by atoms with E-state index in [-0.39, 0.29) is 5.82 Å². The van der Waals surface area contributed by atoms with E-state index in [2.05, 4.69) is 19.8 Å². The van der Waals surface area contributed by atoms with E-state index in [1.807, 2.05) is 6.20 Å². The predicted molar refractivity (Wildman–Crippen MR) is 54.1 cm³/mol. The highest BCUT2D eigenvalue weighted by Crippen LogP contribution is 2.20. The topological polar surface area (TPSA) is 69.4 Å². The summed E-state index contributed by atoms with van der Waals surface area (Å²) in [5, 5.41) is 4.12. The van der Waals surface area contributed by atoms with Gasteiger partial charge in [0.25, 0.3) is 11.6 Å². The Hall–Kier alpha value is -1.98. The molecule has 0 bridgehead atoms. The second-order valence-electron chi connectivity index (χ2n) is 3.72. The number of fused-ring (bicyclic) bond motifs is 3. The number of carbonyl (C=O) groups is 1. The Morgan fingerprint density at radius 2 is 2.38 bits per heavy atom. The van der Waals surface area contributed by atoms with Crippen molar-refractivity contribution in [3.05, 3.63) is 23.3 Å². The zero-order valence-electron chi connectivity index (χ0n) is 8.80. The molecule has 2 heterocycles. The molecule has 0 fully saturated rings. The summed E-state index contributed by atoms with van der Waals surface area (Å²) in [7, 11) is 1.31. The molecule has 0 atom stereocenters. The first kappa shape index (κ1) is 9.26. The number of aromatic nitrogens is 4. The van der Waals surface area contributed by atoms with E-state index in [0.29, 0.717) is 5.78 Å². The van der Waals surface area contributed by atoms with E-state index < -0.39 is 5.97 Å². The summed E-state index contributed by atoms with van der Waals surface area (Å²) in [6, 6.07) is 0. The summed E-state index contributed by atoms with van der Waals surface area (Å²) in [4.78, 5) is 19.5. The van der Waals surface area contributed by atoms with Crippen LogP contribution in [0.3, 0.4) is 0 Å². The first-order chi connectivity index (χ1) is 7.79. The summed E-state index contributed by atoms with van der Waals surface area (Å²) < 4.78 is 6.23. The van der Waals surface area contributed by atoms with Crippen molar-refractivity contribution >= 4 is 11.7 Å². The Labute approximate surface area is 91.3 Å². The monoisotopic (exact) mass is 218 g/mol. The van der Waals surface area contributed by atoms with Gasteiger partial charge in [0, 0.05) is 6.20 Å². The van der Waals surface area contributed by atoms with Gasteiger partial charge < -0.3 is 4.74 Å². The summed E-state index contributed by atoms with van der Waals surface area (Å²) >= 11 is 0. The molecule has 2 aromatic rings. The third kappa shape index (κ3) is 1.19. The molecule has 16 heavy (non-hydrogen) atoms. The minimum absolute atomic E-state index is 0.0651. The number of hydrogen-bond donors (Lipinski definition) is 0. The molecule has 0 N–H and O–H groups in total. The van der Waals surface area contributed by atoms with E-state index in [1.165, 1.54) is 12.7 Å². The smallest absolute Gasteiger partial charge is 0.378 e. The SMILES string of the molecule is COC(=O)c1nc2ncc3c(n2n1)CCC3. The van der Waals surface area contributed by atoms with Crippen LogP contribution in [0.15, 0.2) is 6.20 Å². The number of aryl methyl sites for hydroxylation is 2. The molecule has 82 valence electrons. The molecule has 0 aromatic carbocycles. The Bertz CT molecular complexity index is 575. The van der Waals surface area contributed by atoms with Crippen LogP contribution in [0.25, 0.3) is 5.78 Å². The average Bonchev–Trinajstić information content (AvgIpc) is 2.92. The van der Waals surface area contributed by atoms with E-state index >= 15 is 0 Å². The fourth-order valence-electron chi connectivity index (χ4n) is 2.01. The van der Waals surface area contributed by atoms with Crippen molar-refractivity contribution < 1.29 is 9.53 Å². The van der Waals surface area contributed by atoms with Gasteiger partial charge in [-0.25, -0.2) is 14.3 Å². The van der Waals surface area contributed by atoms with Gasteiger partial charge in [-0.3, -0.25) is 0 Å². The highest BCUT2D eigenvalue weighted by Gasteiger charge is 2.20. The summed E-state index contributed by atoms with van der Waals surface area (Å²) in [5.74, 6) is -0.00593. The maximum Gasteiger partial charge on any atom is 0.378 e. The molecule has 0 unspecified atom stereocenters. The summed E-state index contributed by atoms with van der Waals surface area (Å²) in [6.45, 7) is 0. The molecule has 0 amide bonds. The van der Waals surface area contributed by atoms with E-state index in [0.717, 1.165) is 25.0 Å². The highest BCUT2D eigenvalue weighted by atomic mass is 16.5. The van der Waals surface area contributed by atoms with E-state index in [1.54, 1.807) is 4.52 Å². The summed E-state index contributed by atoms with van der Waals surface area (Å²) in [6.07, 6.45) is 4.89. The van der Waals surface area contributed by atoms with Crippen molar-refractivity contribution in [2.45, 2.75) is 19.3 Å². The second-order valence-corrected chi connectivity index (χ2v) is 3.72. The van der Waals surface area contributed by atoms with Crippen LogP contribution in [-0.2, 0) is 17.6 Å². The molecule has 0 radical (unpaired) electrons. The average molecular weight is 218 g/mol. The number of nitrogens with zero attached hydrogens (tertiary/aromatic N) is 4. The van der Waals surface area contributed by atoms with Gasteiger partial charge in [0.15, 0.2) is 0 Å². The Balaban J connectivity index is 2.21. The molecule has 0 saturated carbocycles. The van der Waals surface area contributed by atoms with E-state index in [9.17, 15) is 4.79 Å². The quantitative estimate of drug-likeness (QED) is 0.648. The van der Waals surface area contributed by atoms with Crippen LogP contribution < -0.4 is 0 Å². The van der Waals surface area contributed by atoms with Crippen LogP contribution in [0.5, 0.6) is 0 Å². The molecule has 2 aromatic heterocycles. The maximum atomic E-state index is 11.3. The minimum atomic E-state index is -0.530. The van der Waals surface area contributed by atoms with Gasteiger partial charge in [-0.1, -0.05) is 0 Å². The Kier molecular flexibility index (Phi) is 1.89. The zero-order valence-corrected chi connectivity index (χ0v) is 8.80. The first-order valence-electron chi connectivity index (χ1n) is 5.11. The van der Waals surface area contributed by atoms with E-state index in [4.69, 9.17) is 0 Å². The predicted octanol–water partition coefficient (Wildman–Crippen LogP) is 0.400. The third-order valence-electron chi connectivity index (χ3n) is 2.78. The molecular formula is C10H10N4O2. The van der Waals surface area contributed by atoms with Crippen molar-refractivity contribution in [2.24, 2.45) is 0 Å². The van der Waals surface area contributed by atoms with Crippen molar-refractivity contribution in [3.63, 3.8) is 0 Å². The normalized spacial score (nSPS) is 14.1. The molecular weight excluding hydrogens is 208 g/mol. The molecule has 0 spiro atoms. The lowest BCUT2D eigenvalue weighted by Gasteiger charge is -1.98. The van der Waals surface area contributed by atoms with Crippen molar-refractivity contribution in [1.29, 1.82) is 0 Å². The van der Waals surface area contributed by atoms with Crippen LogP contribution in [0.4, 0.5) is 0 Å². The standard InChI is InChI=1S/C10H10N4O2/c1-16-9(15)8-12-10-11-5-6-3-2-4-7(6)14(10)13-8/h5H,2-4H2,1H3. The zero-order chi connectivity index (χ0) is 11.1. The van der Waals surface area contributed by atoms with Gasteiger partial charge in [0.05, 0.1) is 12.8 Å². The van der Waals surface area contributed by atoms with Gasteiger partial charge in [-0.15, -0.1) is 5.10 Å². The number of hydrogen-bond acceptors (Lipinski definition) is 5. The summed E-state index contributed by atoms with van der Waals surface area (Å²) in [5.41, 5.74) is 2.29. The lowest BCUT2D eigenvalue weighted by Crippen LogP contribution is -2.04. The maximum absolute atomic E-state index is 11.3. The van der Waals surface area contributed by atoms with Gasteiger partial charge in [0.1, 0.15) is 0 Å². The minimum Gasteiger partial charge on any atom is -0.463 e. The molecule has 0 saturated heterocycles. The van der Waals surface area contributed by atoms with Crippen LogP contribution >= 0.6 is 0 Å². The molecule has 3 rings (SSSR count). The molecule has 6 nitrogen and oxygen atoms in total. The lowest BCUT2D eigenvalue weighted by atomic mass is 10.3. The molecule has 1 aliphatic rings. The fourth-order valence-corrected chi connectivity index (χ4v) is 2.01. The molecule has 6 heteroatoms. The van der Waals surface area contributed by atoms with Crippen LogP contribution in [0.1, 0.15) is 28.3 Å². The number of methoxy groups -OCH3 is 1. The third-order valence-corrected chi connectivity index (χ3v) is 2.78. The first-order valence-corrected chi connectivity index (χ1v) is 5.11. The van der Waals surface area contributed by atoms with Gasteiger partial charge in [-0.05, 0) is 24.8 Å². The van der Waals surface area contributed by atoms with Crippen molar-refractivity contribution in [3.8, 4) is 0 Å².